The molecule has 0 bridgehead atoms. The molecule has 94 valence electrons. The zero-order chi connectivity index (χ0) is 12.8. The van der Waals surface area contributed by atoms with Crippen LogP contribution in [0.25, 0.3) is 0 Å². The lowest BCUT2D eigenvalue weighted by Crippen LogP contribution is -2.20. The number of thiocarbonyl (C=S) groups is 1. The number of anilines is 1. The van der Waals surface area contributed by atoms with Gasteiger partial charge in [-0.15, -0.1) is 0 Å². The molecule has 6 heteroatoms. The maximum atomic E-state index is 13.5. The van der Waals surface area contributed by atoms with Crippen molar-refractivity contribution in [2.75, 3.05) is 11.9 Å². The minimum absolute atomic E-state index is 0.155. The van der Waals surface area contributed by atoms with E-state index in [-0.39, 0.29) is 16.5 Å². The average molecular weight is 260 g/mol. The first-order valence-electron chi connectivity index (χ1n) is 5.23. The quantitative estimate of drug-likeness (QED) is 0.631. The third-order valence-corrected chi connectivity index (χ3v) is 2.13. The number of rotatable bonds is 5. The molecule has 1 rings (SSSR count). The van der Waals surface area contributed by atoms with E-state index in [1.165, 1.54) is 0 Å². The fraction of sp³-hybridized carbons (Fsp3) is 0.364. The lowest BCUT2D eigenvalue weighted by atomic mass is 10.2. The van der Waals surface area contributed by atoms with Crippen molar-refractivity contribution >= 4 is 23.0 Å². The largest absolute Gasteiger partial charge is 0.493 e. The van der Waals surface area contributed by atoms with E-state index in [1.54, 1.807) is 0 Å². The van der Waals surface area contributed by atoms with Gasteiger partial charge < -0.3 is 15.8 Å². The number of benzene rings is 1. The highest BCUT2D eigenvalue weighted by atomic mass is 32.1. The number of nitrogens with one attached hydrogen (secondary N) is 1. The lowest BCUT2D eigenvalue weighted by molar-refractivity contribution is 0.306. The maximum absolute atomic E-state index is 13.5. The predicted molar refractivity (Wildman–Crippen MR) is 67.2 cm³/mol. The molecule has 0 unspecified atom stereocenters. The van der Waals surface area contributed by atoms with E-state index in [9.17, 15) is 8.78 Å². The number of hydrogen-bond acceptors (Lipinski definition) is 2. The van der Waals surface area contributed by atoms with Gasteiger partial charge in [0.2, 0.25) is 0 Å². The molecular formula is C11H14F2N2OS. The van der Waals surface area contributed by atoms with Gasteiger partial charge in [0.25, 0.3) is 0 Å². The van der Waals surface area contributed by atoms with Crippen LogP contribution in [-0.2, 0) is 0 Å². The highest BCUT2D eigenvalue weighted by Gasteiger charge is 2.12. The summed E-state index contributed by atoms with van der Waals surface area (Å²) < 4.78 is 32.2. The van der Waals surface area contributed by atoms with Gasteiger partial charge in [0, 0.05) is 12.1 Å². The Hall–Kier alpha value is -1.43. The molecule has 0 saturated carbocycles. The van der Waals surface area contributed by atoms with Gasteiger partial charge in [-0.2, -0.15) is 0 Å². The summed E-state index contributed by atoms with van der Waals surface area (Å²) in [5, 5.41) is 2.05. The van der Waals surface area contributed by atoms with Crippen molar-refractivity contribution in [3.63, 3.8) is 0 Å². The minimum atomic E-state index is -0.788. The second-order valence-electron chi connectivity index (χ2n) is 3.45. The molecule has 0 heterocycles. The van der Waals surface area contributed by atoms with Gasteiger partial charge in [-0.05, 0) is 18.6 Å². The second kappa shape index (κ2) is 6.34. The van der Waals surface area contributed by atoms with Crippen LogP contribution in [0.4, 0.5) is 14.5 Å². The number of ether oxygens (including phenoxy) is 1. The zero-order valence-electron chi connectivity index (χ0n) is 9.43. The molecule has 0 saturated heterocycles. The van der Waals surface area contributed by atoms with Gasteiger partial charge in [0.15, 0.2) is 16.7 Å². The minimum Gasteiger partial charge on any atom is -0.493 e. The fourth-order valence-electron chi connectivity index (χ4n) is 1.21. The van der Waals surface area contributed by atoms with Gasteiger partial charge in [0.1, 0.15) is 11.4 Å². The van der Waals surface area contributed by atoms with Crippen LogP contribution in [0.3, 0.4) is 0 Å². The van der Waals surface area contributed by atoms with Gasteiger partial charge in [-0.25, -0.2) is 8.78 Å². The third kappa shape index (κ3) is 4.14. The van der Waals surface area contributed by atoms with Gasteiger partial charge in [-0.3, -0.25) is 0 Å². The van der Waals surface area contributed by atoms with Crippen LogP contribution in [0.2, 0.25) is 0 Å². The third-order valence-electron chi connectivity index (χ3n) is 2.03. The van der Waals surface area contributed by atoms with Crippen molar-refractivity contribution in [2.24, 2.45) is 5.73 Å². The fourth-order valence-corrected chi connectivity index (χ4v) is 1.31. The van der Waals surface area contributed by atoms with E-state index in [1.807, 2.05) is 6.92 Å². The summed E-state index contributed by atoms with van der Waals surface area (Å²) in [5.41, 5.74) is 4.79. The molecule has 1 aromatic carbocycles. The Labute approximate surface area is 104 Å². The van der Waals surface area contributed by atoms with Crippen LogP contribution in [0.15, 0.2) is 12.1 Å². The molecule has 0 aliphatic heterocycles. The molecule has 0 radical (unpaired) electrons. The number of hydrogen-bond donors (Lipinski definition) is 2. The van der Waals surface area contributed by atoms with E-state index >= 15 is 0 Å². The van der Waals surface area contributed by atoms with Crippen LogP contribution in [0.1, 0.15) is 19.8 Å². The van der Waals surface area contributed by atoms with E-state index in [4.69, 9.17) is 10.5 Å². The van der Waals surface area contributed by atoms with Gasteiger partial charge >= 0.3 is 0 Å². The predicted octanol–water partition coefficient (Wildman–Crippen LogP) is 2.80. The summed E-state index contributed by atoms with van der Waals surface area (Å²) in [5.74, 6) is -1.42. The van der Waals surface area contributed by atoms with E-state index in [0.29, 0.717) is 6.61 Å². The highest BCUT2D eigenvalue weighted by molar-refractivity contribution is 7.80. The van der Waals surface area contributed by atoms with Crippen molar-refractivity contribution < 1.29 is 13.5 Å². The van der Waals surface area contributed by atoms with Crippen molar-refractivity contribution in [1.29, 1.82) is 0 Å². The molecule has 3 nitrogen and oxygen atoms in total. The summed E-state index contributed by atoms with van der Waals surface area (Å²) in [6, 6.07) is 2.19. The first-order chi connectivity index (χ1) is 8.04. The molecule has 0 fully saturated rings. The Morgan fingerprint density at radius 2 is 2.00 bits per heavy atom. The Morgan fingerprint density at radius 3 is 2.47 bits per heavy atom. The molecule has 0 spiro atoms. The van der Waals surface area contributed by atoms with Crippen LogP contribution in [-0.4, -0.2) is 11.7 Å². The molecule has 0 atom stereocenters. The maximum Gasteiger partial charge on any atom is 0.168 e. The van der Waals surface area contributed by atoms with Gasteiger partial charge in [-0.1, -0.05) is 13.3 Å². The Kier molecular flexibility index (Phi) is 5.09. The molecule has 0 amide bonds. The summed E-state index contributed by atoms with van der Waals surface area (Å²) in [7, 11) is 0. The van der Waals surface area contributed by atoms with Crippen molar-refractivity contribution in [1.82, 2.24) is 0 Å². The molecular weight excluding hydrogens is 246 g/mol. The van der Waals surface area contributed by atoms with Crippen molar-refractivity contribution in [2.45, 2.75) is 19.8 Å². The normalized spacial score (nSPS) is 10.1. The summed E-state index contributed by atoms with van der Waals surface area (Å²) in [6.45, 7) is 2.43. The van der Waals surface area contributed by atoms with Crippen molar-refractivity contribution in [3.8, 4) is 5.75 Å². The molecule has 0 aliphatic carbocycles. The van der Waals surface area contributed by atoms with Crippen molar-refractivity contribution in [3.05, 3.63) is 23.8 Å². The lowest BCUT2D eigenvalue weighted by Gasteiger charge is -2.10. The van der Waals surface area contributed by atoms with Crippen LogP contribution >= 0.6 is 12.2 Å². The summed E-state index contributed by atoms with van der Waals surface area (Å²) in [6.07, 6.45) is 1.78. The molecule has 3 N–H and O–H groups in total. The summed E-state index contributed by atoms with van der Waals surface area (Å²) >= 11 is 4.52. The number of halogens is 2. The first kappa shape index (κ1) is 13.6. The highest BCUT2D eigenvalue weighted by Crippen LogP contribution is 2.24. The van der Waals surface area contributed by atoms with E-state index in [2.05, 4.69) is 17.5 Å². The SMILES string of the molecule is CCCCOc1cc(F)c(NC(N)=S)c(F)c1. The second-order valence-corrected chi connectivity index (χ2v) is 3.89. The molecule has 0 aliphatic rings. The summed E-state index contributed by atoms with van der Waals surface area (Å²) in [4.78, 5) is 0. The van der Waals surface area contributed by atoms with Gasteiger partial charge in [0.05, 0.1) is 6.61 Å². The topological polar surface area (TPSA) is 47.3 Å². The van der Waals surface area contributed by atoms with Crippen LogP contribution in [0.5, 0.6) is 5.75 Å². The standard InChI is InChI=1S/C11H14F2N2OS/c1-2-3-4-16-7-5-8(12)10(9(13)6-7)15-11(14)17/h5-6H,2-4H2,1H3,(H3,14,15,17). The molecule has 1 aromatic rings. The average Bonchev–Trinajstić information content (AvgIpc) is 2.24. The number of nitrogens with two attached hydrogens (primary N) is 1. The smallest absolute Gasteiger partial charge is 0.168 e. The molecule has 0 aromatic heterocycles. The number of unbranched alkanes of at least 4 members (excludes halogenated alkanes) is 1. The van der Waals surface area contributed by atoms with E-state index in [0.717, 1.165) is 25.0 Å². The Morgan fingerprint density at radius 1 is 1.41 bits per heavy atom. The van der Waals surface area contributed by atoms with Crippen LogP contribution in [0, 0.1) is 11.6 Å². The Bertz CT molecular complexity index is 389. The molecule has 17 heavy (non-hydrogen) atoms. The van der Waals surface area contributed by atoms with E-state index < -0.39 is 11.6 Å². The zero-order valence-corrected chi connectivity index (χ0v) is 10.2. The Balaban J connectivity index is 2.81. The first-order valence-corrected chi connectivity index (χ1v) is 5.63. The van der Waals surface area contributed by atoms with Crippen LogP contribution < -0.4 is 15.8 Å². The monoisotopic (exact) mass is 260 g/mol.